The molecule has 0 aromatic carbocycles. The number of aromatic nitrogens is 2. The maximum absolute atomic E-state index is 11.5. The van der Waals surface area contributed by atoms with Crippen LogP contribution < -0.4 is 5.48 Å². The largest absolute Gasteiger partial charge is 0.414 e. The van der Waals surface area contributed by atoms with Crippen LogP contribution in [0.1, 0.15) is 10.5 Å². The second-order valence-electron chi connectivity index (χ2n) is 2.13. The van der Waals surface area contributed by atoms with E-state index in [1.807, 2.05) is 0 Å². The van der Waals surface area contributed by atoms with Crippen LogP contribution in [-0.2, 0) is 4.84 Å². The Hall–Kier alpha value is -1.22. The Kier molecular flexibility index (Phi) is 3.36. The molecule has 1 rings (SSSR count). The molecule has 0 aliphatic rings. The highest BCUT2D eigenvalue weighted by molar-refractivity contribution is 6.99. The number of amides is 1. The van der Waals surface area contributed by atoms with Crippen LogP contribution in [0, 0.1) is 0 Å². The molecule has 0 fully saturated rings. The van der Waals surface area contributed by atoms with Gasteiger partial charge in [0.2, 0.25) is 0 Å². The third-order valence-electron chi connectivity index (χ3n) is 0.995. The van der Waals surface area contributed by atoms with Crippen LogP contribution in [0.4, 0.5) is 13.2 Å². The molecule has 0 bridgehead atoms. The number of rotatable bonds is 3. The smallest absolute Gasteiger partial charge is 0.265 e. The topological polar surface area (TPSA) is 64.1 Å². The van der Waals surface area contributed by atoms with Gasteiger partial charge in [-0.05, 0) is 0 Å². The van der Waals surface area contributed by atoms with Gasteiger partial charge in [0.1, 0.15) is 0 Å². The van der Waals surface area contributed by atoms with Crippen LogP contribution in [0.2, 0.25) is 0 Å². The zero-order valence-electron chi connectivity index (χ0n) is 6.54. The summed E-state index contributed by atoms with van der Waals surface area (Å²) in [5.74, 6) is -0.858. The molecule has 1 aromatic heterocycles. The predicted molar refractivity (Wildman–Crippen MR) is 39.4 cm³/mol. The van der Waals surface area contributed by atoms with Crippen molar-refractivity contribution < 1.29 is 22.8 Å². The Labute approximate surface area is 80.2 Å². The summed E-state index contributed by atoms with van der Waals surface area (Å²) in [4.78, 5) is 14.8. The molecule has 78 valence electrons. The molecule has 0 aliphatic carbocycles. The molecule has 0 saturated carbocycles. The molecule has 9 heteroatoms. The average Bonchev–Trinajstić information content (AvgIpc) is 2.53. The van der Waals surface area contributed by atoms with E-state index in [1.54, 1.807) is 5.48 Å². The van der Waals surface area contributed by atoms with Crippen LogP contribution in [-0.4, -0.2) is 27.4 Å². The van der Waals surface area contributed by atoms with Crippen LogP contribution in [0.25, 0.3) is 0 Å². The molecular formula is C5H4F3N3O2S. The first-order valence-corrected chi connectivity index (χ1v) is 3.98. The minimum atomic E-state index is -4.48. The van der Waals surface area contributed by atoms with Gasteiger partial charge in [0.25, 0.3) is 5.91 Å². The molecule has 0 aliphatic heterocycles. The van der Waals surface area contributed by atoms with E-state index < -0.39 is 18.7 Å². The highest BCUT2D eigenvalue weighted by Crippen LogP contribution is 2.13. The normalized spacial score (nSPS) is 11.4. The number of nitrogens with zero attached hydrogens (tertiary/aromatic N) is 2. The fourth-order valence-electron chi connectivity index (χ4n) is 0.500. The zero-order valence-corrected chi connectivity index (χ0v) is 7.35. The molecule has 5 nitrogen and oxygen atoms in total. The molecule has 0 radical (unpaired) electrons. The molecule has 1 amide bonds. The molecule has 1 heterocycles. The van der Waals surface area contributed by atoms with E-state index in [-0.39, 0.29) is 5.69 Å². The Morgan fingerprint density at radius 3 is 2.86 bits per heavy atom. The van der Waals surface area contributed by atoms with E-state index in [4.69, 9.17) is 0 Å². The van der Waals surface area contributed by atoms with E-state index in [0.29, 0.717) is 0 Å². The summed E-state index contributed by atoms with van der Waals surface area (Å²) in [6.07, 6.45) is -3.36. The Morgan fingerprint density at radius 1 is 1.64 bits per heavy atom. The second-order valence-corrected chi connectivity index (χ2v) is 2.68. The summed E-state index contributed by atoms with van der Waals surface area (Å²) < 4.78 is 41.6. The van der Waals surface area contributed by atoms with Crippen molar-refractivity contribution in [3.63, 3.8) is 0 Å². The van der Waals surface area contributed by atoms with Gasteiger partial charge in [-0.3, -0.25) is 9.63 Å². The molecule has 0 saturated heterocycles. The van der Waals surface area contributed by atoms with Crippen molar-refractivity contribution in [3.05, 3.63) is 11.9 Å². The van der Waals surface area contributed by atoms with Gasteiger partial charge in [0.05, 0.1) is 17.9 Å². The number of hydrogen-bond donors (Lipinski definition) is 1. The van der Waals surface area contributed by atoms with E-state index in [1.165, 1.54) is 0 Å². The van der Waals surface area contributed by atoms with E-state index in [2.05, 4.69) is 13.6 Å². The maximum atomic E-state index is 11.5. The first kappa shape index (κ1) is 10.9. The summed E-state index contributed by atoms with van der Waals surface area (Å²) in [5, 5.41) is 0. The van der Waals surface area contributed by atoms with Gasteiger partial charge in [-0.1, -0.05) is 0 Å². The third-order valence-corrected chi connectivity index (χ3v) is 1.47. The number of carbonyl (C=O) groups is 1. The first-order valence-electron chi connectivity index (χ1n) is 3.25. The number of carbonyl (C=O) groups excluding carboxylic acids is 1. The molecule has 0 atom stereocenters. The lowest BCUT2D eigenvalue weighted by atomic mass is 10.5. The molecule has 14 heavy (non-hydrogen) atoms. The lowest BCUT2D eigenvalue weighted by Gasteiger charge is -2.06. The standard InChI is InChI=1S/C5H4F3N3O2S/c6-5(7,8)2-13-10-4(12)3-1-9-14-11-3/h1H,2H2,(H,10,12). The van der Waals surface area contributed by atoms with Crippen molar-refractivity contribution in [1.29, 1.82) is 0 Å². The molecule has 1 aromatic rings. The fourth-order valence-corrected chi connectivity index (χ4v) is 0.913. The van der Waals surface area contributed by atoms with Gasteiger partial charge < -0.3 is 0 Å². The van der Waals surface area contributed by atoms with Crippen molar-refractivity contribution in [3.8, 4) is 0 Å². The monoisotopic (exact) mass is 227 g/mol. The third kappa shape index (κ3) is 3.66. The van der Waals surface area contributed by atoms with Crippen LogP contribution in [0.5, 0.6) is 0 Å². The quantitative estimate of drug-likeness (QED) is 0.774. The summed E-state index contributed by atoms with van der Waals surface area (Å²) in [7, 11) is 0. The molecular weight excluding hydrogens is 223 g/mol. The Morgan fingerprint density at radius 2 is 2.36 bits per heavy atom. The number of hydrogen-bond acceptors (Lipinski definition) is 5. The molecule has 1 N–H and O–H groups in total. The van der Waals surface area contributed by atoms with Gasteiger partial charge in [0, 0.05) is 0 Å². The first-order chi connectivity index (χ1) is 6.49. The summed E-state index contributed by atoms with van der Waals surface area (Å²) >= 11 is 0.768. The van der Waals surface area contributed by atoms with Gasteiger partial charge in [-0.2, -0.15) is 21.9 Å². The number of hydroxylamine groups is 1. The SMILES string of the molecule is O=C(NOCC(F)(F)F)c1cnsn1. The van der Waals surface area contributed by atoms with Gasteiger partial charge in [0.15, 0.2) is 12.3 Å². The summed E-state index contributed by atoms with van der Waals surface area (Å²) in [6, 6.07) is 0. The van der Waals surface area contributed by atoms with E-state index in [0.717, 1.165) is 17.9 Å². The van der Waals surface area contributed by atoms with Crippen molar-refractivity contribution in [2.75, 3.05) is 6.61 Å². The van der Waals surface area contributed by atoms with Crippen molar-refractivity contribution in [1.82, 2.24) is 14.2 Å². The molecule has 0 unspecified atom stereocenters. The average molecular weight is 227 g/mol. The minimum Gasteiger partial charge on any atom is -0.265 e. The highest BCUT2D eigenvalue weighted by atomic mass is 32.1. The highest BCUT2D eigenvalue weighted by Gasteiger charge is 2.28. The van der Waals surface area contributed by atoms with Crippen molar-refractivity contribution in [2.24, 2.45) is 0 Å². The second kappa shape index (κ2) is 4.33. The minimum absolute atomic E-state index is 0.0859. The van der Waals surface area contributed by atoms with Crippen LogP contribution >= 0.6 is 11.7 Å². The molecule has 0 spiro atoms. The Balaban J connectivity index is 2.30. The maximum Gasteiger partial charge on any atom is 0.414 e. The van der Waals surface area contributed by atoms with Gasteiger partial charge >= 0.3 is 6.18 Å². The number of halogens is 3. The van der Waals surface area contributed by atoms with Crippen molar-refractivity contribution >= 4 is 17.6 Å². The summed E-state index contributed by atoms with van der Waals surface area (Å²) in [6.45, 7) is -1.55. The van der Waals surface area contributed by atoms with E-state index in [9.17, 15) is 18.0 Å². The lowest BCUT2D eigenvalue weighted by Crippen LogP contribution is -2.29. The zero-order chi connectivity index (χ0) is 10.6. The van der Waals surface area contributed by atoms with E-state index >= 15 is 0 Å². The summed E-state index contributed by atoms with van der Waals surface area (Å²) in [5.41, 5.74) is 1.50. The fraction of sp³-hybridized carbons (Fsp3) is 0.400. The predicted octanol–water partition coefficient (Wildman–Crippen LogP) is 0.762. The van der Waals surface area contributed by atoms with Crippen LogP contribution in [0.3, 0.4) is 0 Å². The number of alkyl halides is 3. The van der Waals surface area contributed by atoms with Crippen LogP contribution in [0.15, 0.2) is 6.20 Å². The lowest BCUT2D eigenvalue weighted by molar-refractivity contribution is -0.184. The Bertz CT molecular complexity index is 300. The number of nitrogens with one attached hydrogen (secondary N) is 1. The van der Waals surface area contributed by atoms with Gasteiger partial charge in [-0.15, -0.1) is 0 Å². The van der Waals surface area contributed by atoms with Gasteiger partial charge in [-0.25, -0.2) is 5.48 Å². The van der Waals surface area contributed by atoms with Crippen molar-refractivity contribution in [2.45, 2.75) is 6.18 Å².